The highest BCUT2D eigenvalue weighted by Crippen LogP contribution is 2.24. The summed E-state index contributed by atoms with van der Waals surface area (Å²) < 4.78 is 0. The van der Waals surface area contributed by atoms with Gasteiger partial charge in [0.1, 0.15) is 10.7 Å². The van der Waals surface area contributed by atoms with Gasteiger partial charge < -0.3 is 4.90 Å². The lowest BCUT2D eigenvalue weighted by atomic mass is 10.2. The van der Waals surface area contributed by atoms with E-state index in [1.165, 1.54) is 11.3 Å². The highest BCUT2D eigenvalue weighted by molar-refractivity contribution is 7.13. The van der Waals surface area contributed by atoms with Crippen LogP contribution in [-0.4, -0.2) is 22.8 Å². The summed E-state index contributed by atoms with van der Waals surface area (Å²) in [6.07, 6.45) is 0. The lowest BCUT2D eigenvalue weighted by Gasteiger charge is -2.16. The molecule has 3 nitrogen and oxygen atoms in total. The summed E-state index contributed by atoms with van der Waals surface area (Å²) >= 11 is 7.62. The molecule has 5 heteroatoms. The fraction of sp³-hybridized carbons (Fsp3) is 0.111. The number of halogens is 1. The average molecular weight is 343 g/mol. The van der Waals surface area contributed by atoms with Gasteiger partial charge in [0, 0.05) is 29.6 Å². The number of nitrogens with zero attached hydrogens (tertiary/aromatic N) is 2. The first kappa shape index (κ1) is 15.7. The van der Waals surface area contributed by atoms with E-state index >= 15 is 0 Å². The third kappa shape index (κ3) is 3.60. The highest BCUT2D eigenvalue weighted by atomic mass is 35.5. The molecule has 0 fully saturated rings. The number of carbonyl (C=O) groups is 1. The van der Waals surface area contributed by atoms with Gasteiger partial charge in [0.2, 0.25) is 0 Å². The molecule has 0 atom stereocenters. The van der Waals surface area contributed by atoms with E-state index < -0.39 is 0 Å². The molecule has 3 aromatic rings. The summed E-state index contributed by atoms with van der Waals surface area (Å²) in [6.45, 7) is 0.455. The molecule has 0 unspecified atom stereocenters. The topological polar surface area (TPSA) is 33.2 Å². The van der Waals surface area contributed by atoms with Crippen LogP contribution in [0.15, 0.2) is 60.0 Å². The van der Waals surface area contributed by atoms with Gasteiger partial charge in [0.25, 0.3) is 5.91 Å². The first-order chi connectivity index (χ1) is 11.1. The number of hydrogen-bond acceptors (Lipinski definition) is 3. The standard InChI is InChI=1S/C18H15ClN2OS/c1-21(11-14-9-5-6-10-15(14)19)18(22)16-12-23-17(20-16)13-7-3-2-4-8-13/h2-10,12H,11H2,1H3. The Kier molecular flexibility index (Phi) is 4.74. The number of aromatic nitrogens is 1. The van der Waals surface area contributed by atoms with Gasteiger partial charge in [-0.25, -0.2) is 4.98 Å². The molecule has 1 heterocycles. The zero-order chi connectivity index (χ0) is 16.2. The van der Waals surface area contributed by atoms with Crippen LogP contribution >= 0.6 is 22.9 Å². The predicted octanol–water partition coefficient (Wildman–Crippen LogP) is 4.74. The summed E-state index contributed by atoms with van der Waals surface area (Å²) in [7, 11) is 1.76. The molecule has 1 amide bonds. The largest absolute Gasteiger partial charge is 0.336 e. The molecule has 1 aromatic heterocycles. The summed E-state index contributed by atoms with van der Waals surface area (Å²) in [5, 5.41) is 3.31. The van der Waals surface area contributed by atoms with E-state index in [2.05, 4.69) is 4.98 Å². The van der Waals surface area contributed by atoms with Crippen molar-refractivity contribution in [3.8, 4) is 10.6 Å². The van der Waals surface area contributed by atoms with Crippen LogP contribution < -0.4 is 0 Å². The molecular weight excluding hydrogens is 328 g/mol. The zero-order valence-corrected chi connectivity index (χ0v) is 14.1. The van der Waals surface area contributed by atoms with Crippen LogP contribution in [0.1, 0.15) is 16.1 Å². The molecule has 0 aliphatic heterocycles. The minimum absolute atomic E-state index is 0.108. The molecule has 0 spiro atoms. The number of hydrogen-bond donors (Lipinski definition) is 0. The van der Waals surface area contributed by atoms with Crippen LogP contribution in [0.4, 0.5) is 0 Å². The van der Waals surface area contributed by atoms with Crippen molar-refractivity contribution in [2.24, 2.45) is 0 Å². The molecule has 0 radical (unpaired) electrons. The van der Waals surface area contributed by atoms with Gasteiger partial charge in [-0.1, -0.05) is 60.1 Å². The van der Waals surface area contributed by atoms with Gasteiger partial charge in [0.05, 0.1) is 0 Å². The van der Waals surface area contributed by atoms with Crippen LogP contribution in [0, 0.1) is 0 Å². The molecule has 2 aromatic carbocycles. The molecule has 0 aliphatic carbocycles. The van der Waals surface area contributed by atoms with E-state index in [4.69, 9.17) is 11.6 Å². The maximum absolute atomic E-state index is 12.5. The third-order valence-corrected chi connectivity index (χ3v) is 4.72. The predicted molar refractivity (Wildman–Crippen MR) is 94.8 cm³/mol. The fourth-order valence-electron chi connectivity index (χ4n) is 2.23. The van der Waals surface area contributed by atoms with Crippen LogP contribution in [-0.2, 0) is 6.54 Å². The van der Waals surface area contributed by atoms with Crippen LogP contribution in [0.3, 0.4) is 0 Å². The Balaban J connectivity index is 1.76. The Morgan fingerprint density at radius 1 is 1.13 bits per heavy atom. The minimum atomic E-state index is -0.108. The maximum Gasteiger partial charge on any atom is 0.273 e. The second-order valence-corrected chi connectivity index (χ2v) is 6.42. The van der Waals surface area contributed by atoms with Crippen molar-refractivity contribution in [2.75, 3.05) is 7.05 Å². The normalized spacial score (nSPS) is 10.5. The Hall–Kier alpha value is -2.17. The fourth-order valence-corrected chi connectivity index (χ4v) is 3.23. The zero-order valence-electron chi connectivity index (χ0n) is 12.6. The van der Waals surface area contributed by atoms with Gasteiger partial charge in [-0.3, -0.25) is 4.79 Å². The van der Waals surface area contributed by atoms with Crippen LogP contribution in [0.2, 0.25) is 5.02 Å². The first-order valence-electron chi connectivity index (χ1n) is 7.15. The van der Waals surface area contributed by atoms with Crippen molar-refractivity contribution < 1.29 is 4.79 Å². The van der Waals surface area contributed by atoms with E-state index in [0.717, 1.165) is 16.1 Å². The maximum atomic E-state index is 12.5. The lowest BCUT2D eigenvalue weighted by Crippen LogP contribution is -2.26. The first-order valence-corrected chi connectivity index (χ1v) is 8.41. The minimum Gasteiger partial charge on any atom is -0.336 e. The summed E-state index contributed by atoms with van der Waals surface area (Å²) in [4.78, 5) is 18.6. The van der Waals surface area contributed by atoms with Gasteiger partial charge in [-0.2, -0.15) is 0 Å². The van der Waals surface area contributed by atoms with Crippen molar-refractivity contribution in [2.45, 2.75) is 6.54 Å². The lowest BCUT2D eigenvalue weighted by molar-refractivity contribution is 0.0780. The second kappa shape index (κ2) is 6.94. The Bertz CT molecular complexity index is 817. The van der Waals surface area contributed by atoms with E-state index in [-0.39, 0.29) is 5.91 Å². The summed E-state index contributed by atoms with van der Waals surface area (Å²) in [6, 6.07) is 17.4. The van der Waals surface area contributed by atoms with E-state index in [1.54, 1.807) is 17.3 Å². The van der Waals surface area contributed by atoms with Crippen LogP contribution in [0.25, 0.3) is 10.6 Å². The monoisotopic (exact) mass is 342 g/mol. The number of amides is 1. The second-order valence-electron chi connectivity index (χ2n) is 5.16. The molecule has 23 heavy (non-hydrogen) atoms. The molecule has 0 bridgehead atoms. The van der Waals surface area contributed by atoms with Gasteiger partial charge in [0.15, 0.2) is 0 Å². The third-order valence-electron chi connectivity index (χ3n) is 3.46. The molecule has 0 saturated carbocycles. The molecule has 3 rings (SSSR count). The quantitative estimate of drug-likeness (QED) is 0.686. The van der Waals surface area contributed by atoms with Gasteiger partial charge >= 0.3 is 0 Å². The number of rotatable bonds is 4. The van der Waals surface area contributed by atoms with Crippen molar-refractivity contribution in [1.82, 2.24) is 9.88 Å². The number of benzene rings is 2. The van der Waals surface area contributed by atoms with Crippen molar-refractivity contribution >= 4 is 28.8 Å². The van der Waals surface area contributed by atoms with Gasteiger partial charge in [-0.15, -0.1) is 11.3 Å². The smallest absolute Gasteiger partial charge is 0.273 e. The summed E-state index contributed by atoms with van der Waals surface area (Å²) in [5.41, 5.74) is 2.40. The molecular formula is C18H15ClN2OS. The Morgan fingerprint density at radius 3 is 2.57 bits per heavy atom. The Labute approximate surface area is 144 Å². The van der Waals surface area contributed by atoms with E-state index in [1.807, 2.05) is 54.6 Å². The molecule has 0 saturated heterocycles. The number of carbonyl (C=O) groups excluding carboxylic acids is 1. The van der Waals surface area contributed by atoms with Crippen molar-refractivity contribution in [3.63, 3.8) is 0 Å². The molecule has 116 valence electrons. The van der Waals surface area contributed by atoms with Gasteiger partial charge in [-0.05, 0) is 11.6 Å². The Morgan fingerprint density at radius 2 is 1.83 bits per heavy atom. The SMILES string of the molecule is CN(Cc1ccccc1Cl)C(=O)c1csc(-c2ccccc2)n1. The summed E-state index contributed by atoms with van der Waals surface area (Å²) in [5.74, 6) is -0.108. The number of thiazole rings is 1. The van der Waals surface area contributed by atoms with Crippen molar-refractivity contribution in [3.05, 3.63) is 76.3 Å². The molecule has 0 aliphatic rings. The molecule has 0 N–H and O–H groups in total. The highest BCUT2D eigenvalue weighted by Gasteiger charge is 2.17. The average Bonchev–Trinajstić information content (AvgIpc) is 3.07. The van der Waals surface area contributed by atoms with Crippen molar-refractivity contribution in [1.29, 1.82) is 0 Å². The van der Waals surface area contributed by atoms with Crippen LogP contribution in [0.5, 0.6) is 0 Å². The van der Waals surface area contributed by atoms with E-state index in [0.29, 0.717) is 17.3 Å². The van der Waals surface area contributed by atoms with E-state index in [9.17, 15) is 4.79 Å².